The van der Waals surface area contributed by atoms with E-state index in [1.807, 2.05) is 6.07 Å². The number of fused-ring (bicyclic) bond motifs is 1. The number of hydrogen-bond donors (Lipinski definition) is 1. The van der Waals surface area contributed by atoms with Gasteiger partial charge in [0.25, 0.3) is 0 Å². The van der Waals surface area contributed by atoms with Crippen molar-refractivity contribution in [2.24, 2.45) is 5.16 Å². The Morgan fingerprint density at radius 2 is 2.13 bits per heavy atom. The second kappa shape index (κ2) is 4.04. The summed E-state index contributed by atoms with van der Waals surface area (Å²) in [6, 6.07) is 6.96. The number of hydrogen-bond acceptors (Lipinski definition) is 3. The topological polar surface area (TPSA) is 45.5 Å². The van der Waals surface area contributed by atoms with Gasteiger partial charge in [-0.15, -0.1) is 0 Å². The van der Waals surface area contributed by atoms with E-state index in [4.69, 9.17) is 28.4 Å². The predicted octanol–water partition coefficient (Wildman–Crippen LogP) is 3.26. The van der Waals surface area contributed by atoms with Crippen LogP contribution in [-0.4, -0.2) is 15.4 Å². The maximum absolute atomic E-state index is 8.61. The van der Waals surface area contributed by atoms with Gasteiger partial charge in [-0.05, 0) is 24.3 Å². The molecule has 0 saturated heterocycles. The lowest BCUT2D eigenvalue weighted by molar-refractivity contribution is 0.321. The lowest BCUT2D eigenvalue weighted by Gasteiger charge is -2.03. The maximum Gasteiger partial charge on any atom is 0.177 e. The van der Waals surface area contributed by atoms with Gasteiger partial charge >= 0.3 is 0 Å². The number of benzene rings is 1. The van der Waals surface area contributed by atoms with E-state index in [2.05, 4.69) is 10.1 Å². The van der Waals surface area contributed by atoms with Crippen molar-refractivity contribution < 1.29 is 5.21 Å². The average Bonchev–Trinajstić information content (AvgIpc) is 2.29. The molecule has 0 radical (unpaired) electrons. The Labute approximate surface area is 95.9 Å². The van der Waals surface area contributed by atoms with Crippen LogP contribution in [0.1, 0.15) is 5.56 Å². The molecule has 1 N–H and O–H groups in total. The third-order valence-corrected chi connectivity index (χ3v) is 2.64. The number of nitrogens with zero attached hydrogens (tertiary/aromatic N) is 2. The van der Waals surface area contributed by atoms with Gasteiger partial charge < -0.3 is 5.21 Å². The molecule has 1 aromatic carbocycles. The normalized spacial score (nSPS) is 12.0. The van der Waals surface area contributed by atoms with Crippen LogP contribution in [0.25, 0.3) is 10.9 Å². The molecule has 0 amide bonds. The molecule has 76 valence electrons. The zero-order chi connectivity index (χ0) is 10.8. The van der Waals surface area contributed by atoms with Crippen LogP contribution in [0.2, 0.25) is 5.02 Å². The van der Waals surface area contributed by atoms with E-state index in [0.717, 1.165) is 5.39 Å². The number of pyridine rings is 1. The molecule has 5 heteroatoms. The summed E-state index contributed by atoms with van der Waals surface area (Å²) in [6.45, 7) is 0. The lowest BCUT2D eigenvalue weighted by Crippen LogP contribution is -1.94. The molecule has 0 saturated carbocycles. The van der Waals surface area contributed by atoms with Gasteiger partial charge in [0.05, 0.1) is 10.5 Å². The van der Waals surface area contributed by atoms with Crippen molar-refractivity contribution in [2.45, 2.75) is 0 Å². The standard InChI is InChI=1S/C10H6Cl2N2O/c11-8-4-3-7(10(12)14-15)9-6(8)2-1-5-13-9/h1-5,15H/b14-10+. The Bertz CT molecular complexity index is 540. The second-order valence-electron chi connectivity index (χ2n) is 2.89. The molecule has 3 nitrogen and oxygen atoms in total. The van der Waals surface area contributed by atoms with Crippen molar-refractivity contribution in [1.29, 1.82) is 0 Å². The molecule has 15 heavy (non-hydrogen) atoms. The van der Waals surface area contributed by atoms with E-state index < -0.39 is 0 Å². The Hall–Kier alpha value is -1.32. The first-order valence-corrected chi connectivity index (χ1v) is 4.91. The zero-order valence-electron chi connectivity index (χ0n) is 7.48. The largest absolute Gasteiger partial charge is 0.410 e. The summed E-state index contributed by atoms with van der Waals surface area (Å²) in [5.74, 6) is 0. The van der Waals surface area contributed by atoms with Crippen molar-refractivity contribution in [2.75, 3.05) is 0 Å². The highest BCUT2D eigenvalue weighted by molar-refractivity contribution is 6.70. The zero-order valence-corrected chi connectivity index (χ0v) is 9.00. The summed E-state index contributed by atoms with van der Waals surface area (Å²) >= 11 is 11.7. The number of aromatic nitrogens is 1. The third-order valence-electron chi connectivity index (χ3n) is 2.03. The summed E-state index contributed by atoms with van der Waals surface area (Å²) in [5.41, 5.74) is 1.17. The number of oxime groups is 1. The predicted molar refractivity (Wildman–Crippen MR) is 60.9 cm³/mol. The number of halogens is 2. The van der Waals surface area contributed by atoms with Crippen LogP contribution < -0.4 is 0 Å². The molecule has 2 aromatic rings. The first-order chi connectivity index (χ1) is 7.24. The molecule has 2 rings (SSSR count). The van der Waals surface area contributed by atoms with E-state index >= 15 is 0 Å². The highest BCUT2D eigenvalue weighted by Gasteiger charge is 2.09. The van der Waals surface area contributed by atoms with Gasteiger partial charge in [-0.1, -0.05) is 28.4 Å². The highest BCUT2D eigenvalue weighted by atomic mass is 35.5. The summed E-state index contributed by atoms with van der Waals surface area (Å²) in [7, 11) is 0. The van der Waals surface area contributed by atoms with Crippen LogP contribution in [0.3, 0.4) is 0 Å². The molecule has 0 aliphatic rings. The van der Waals surface area contributed by atoms with Gasteiger partial charge in [0, 0.05) is 17.1 Å². The SMILES string of the molecule is O/N=C(/Cl)c1ccc(Cl)c2cccnc12. The van der Waals surface area contributed by atoms with E-state index in [1.54, 1.807) is 24.4 Å². The van der Waals surface area contributed by atoms with Crippen LogP contribution in [0, 0.1) is 0 Å². The van der Waals surface area contributed by atoms with Crippen molar-refractivity contribution in [3.8, 4) is 0 Å². The minimum atomic E-state index is -0.00429. The van der Waals surface area contributed by atoms with Crippen molar-refractivity contribution in [3.05, 3.63) is 41.0 Å². The molecule has 0 aliphatic heterocycles. The highest BCUT2D eigenvalue weighted by Crippen LogP contribution is 2.25. The Morgan fingerprint density at radius 1 is 1.33 bits per heavy atom. The Morgan fingerprint density at radius 3 is 2.87 bits per heavy atom. The molecule has 0 fully saturated rings. The fraction of sp³-hybridized carbons (Fsp3) is 0. The number of rotatable bonds is 1. The molecule has 0 bridgehead atoms. The summed E-state index contributed by atoms with van der Waals surface area (Å²) in [6.07, 6.45) is 1.63. The van der Waals surface area contributed by atoms with Gasteiger partial charge in [-0.2, -0.15) is 0 Å². The summed E-state index contributed by atoms with van der Waals surface area (Å²) in [4.78, 5) is 4.15. The molecule has 0 unspecified atom stereocenters. The molecule has 0 aliphatic carbocycles. The molecular formula is C10H6Cl2N2O. The van der Waals surface area contributed by atoms with Crippen LogP contribution in [-0.2, 0) is 0 Å². The van der Waals surface area contributed by atoms with E-state index in [0.29, 0.717) is 16.1 Å². The fourth-order valence-electron chi connectivity index (χ4n) is 1.36. The second-order valence-corrected chi connectivity index (χ2v) is 3.65. The van der Waals surface area contributed by atoms with Crippen molar-refractivity contribution in [1.82, 2.24) is 4.98 Å². The lowest BCUT2D eigenvalue weighted by atomic mass is 10.1. The molecule has 0 spiro atoms. The van der Waals surface area contributed by atoms with Crippen LogP contribution >= 0.6 is 23.2 Å². The van der Waals surface area contributed by atoms with Crippen LogP contribution in [0.5, 0.6) is 0 Å². The van der Waals surface area contributed by atoms with Crippen molar-refractivity contribution in [3.63, 3.8) is 0 Å². The Balaban J connectivity index is 2.83. The Kier molecular flexibility index (Phi) is 2.75. The van der Waals surface area contributed by atoms with Crippen molar-refractivity contribution >= 4 is 39.3 Å². The fourth-order valence-corrected chi connectivity index (χ4v) is 1.73. The monoisotopic (exact) mass is 240 g/mol. The molecule has 1 heterocycles. The first-order valence-electron chi connectivity index (χ1n) is 4.15. The van der Waals surface area contributed by atoms with Gasteiger partial charge in [-0.3, -0.25) is 4.98 Å². The van der Waals surface area contributed by atoms with E-state index in [1.165, 1.54) is 0 Å². The van der Waals surface area contributed by atoms with Gasteiger partial charge in [0.15, 0.2) is 5.17 Å². The van der Waals surface area contributed by atoms with Gasteiger partial charge in [-0.25, -0.2) is 0 Å². The van der Waals surface area contributed by atoms with Crippen LogP contribution in [0.4, 0.5) is 0 Å². The van der Waals surface area contributed by atoms with Crippen LogP contribution in [0.15, 0.2) is 35.6 Å². The van der Waals surface area contributed by atoms with Gasteiger partial charge in [0.2, 0.25) is 0 Å². The maximum atomic E-state index is 8.61. The minimum absolute atomic E-state index is 0.00429. The summed E-state index contributed by atoms with van der Waals surface area (Å²) < 4.78 is 0. The smallest absolute Gasteiger partial charge is 0.177 e. The third kappa shape index (κ3) is 1.76. The molecule has 1 aromatic heterocycles. The first kappa shape index (κ1) is 10.2. The van der Waals surface area contributed by atoms with E-state index in [-0.39, 0.29) is 5.17 Å². The summed E-state index contributed by atoms with van der Waals surface area (Å²) in [5, 5.41) is 12.9. The molecule has 0 atom stereocenters. The van der Waals surface area contributed by atoms with E-state index in [9.17, 15) is 0 Å². The molecular weight excluding hydrogens is 235 g/mol. The minimum Gasteiger partial charge on any atom is -0.410 e. The average molecular weight is 241 g/mol. The quantitative estimate of drug-likeness (QED) is 0.473. The van der Waals surface area contributed by atoms with Gasteiger partial charge in [0.1, 0.15) is 0 Å².